The highest BCUT2D eigenvalue weighted by Crippen LogP contribution is 2.83. The van der Waals surface area contributed by atoms with Crippen molar-refractivity contribution in [2.45, 2.75) is 32.6 Å². The summed E-state index contributed by atoms with van der Waals surface area (Å²) in [6, 6.07) is 10.4. The smallest absolute Gasteiger partial charge is 0.151 e. The summed E-state index contributed by atoms with van der Waals surface area (Å²) >= 11 is 0. The van der Waals surface area contributed by atoms with Crippen LogP contribution in [0, 0.1) is 28.1 Å². The SMILES string of the molecule is CC12C=CC=CC3C1C(=O)C1(C)CC3(c3ccccc3)C1(C)C2=O. The normalized spacial score (nSPS) is 50.6. The molecule has 6 unspecified atom stereocenters. The molecule has 0 amide bonds. The van der Waals surface area contributed by atoms with E-state index in [1.807, 2.05) is 38.1 Å². The molecule has 0 aliphatic heterocycles. The van der Waals surface area contributed by atoms with Gasteiger partial charge in [0.15, 0.2) is 5.78 Å². The Labute approximate surface area is 142 Å². The van der Waals surface area contributed by atoms with Crippen molar-refractivity contribution in [2.75, 3.05) is 0 Å². The third-order valence-electron chi connectivity index (χ3n) is 8.13. The van der Waals surface area contributed by atoms with Crippen molar-refractivity contribution < 1.29 is 9.59 Å². The minimum atomic E-state index is -0.668. The Bertz CT molecular complexity index is 850. The molecule has 1 aromatic rings. The minimum Gasteiger partial charge on any atom is -0.299 e. The van der Waals surface area contributed by atoms with E-state index in [9.17, 15) is 9.59 Å². The van der Waals surface area contributed by atoms with Crippen LogP contribution in [0.4, 0.5) is 0 Å². The van der Waals surface area contributed by atoms with Crippen LogP contribution in [-0.4, -0.2) is 11.6 Å². The molecule has 0 radical (unpaired) electrons. The molecule has 0 N–H and O–H groups in total. The van der Waals surface area contributed by atoms with E-state index in [2.05, 4.69) is 37.3 Å². The summed E-state index contributed by atoms with van der Waals surface area (Å²) in [4.78, 5) is 27.2. The van der Waals surface area contributed by atoms with Crippen LogP contribution >= 0.6 is 0 Å². The van der Waals surface area contributed by atoms with Gasteiger partial charge >= 0.3 is 0 Å². The molecule has 122 valence electrons. The second kappa shape index (κ2) is 3.82. The molecule has 6 aliphatic rings. The monoisotopic (exact) mass is 318 g/mol. The zero-order valence-electron chi connectivity index (χ0n) is 14.4. The van der Waals surface area contributed by atoms with Crippen molar-refractivity contribution in [1.82, 2.24) is 0 Å². The number of benzene rings is 1. The lowest BCUT2D eigenvalue weighted by molar-refractivity contribution is -0.246. The quantitative estimate of drug-likeness (QED) is 0.787. The molecule has 6 atom stereocenters. The maximum absolute atomic E-state index is 13.7. The Morgan fingerprint density at radius 2 is 1.71 bits per heavy atom. The predicted molar refractivity (Wildman–Crippen MR) is 92.3 cm³/mol. The lowest BCUT2D eigenvalue weighted by Gasteiger charge is -2.80. The number of hydrogen-bond acceptors (Lipinski definition) is 2. The van der Waals surface area contributed by atoms with Gasteiger partial charge in [-0.05, 0) is 24.8 Å². The van der Waals surface area contributed by atoms with Crippen molar-refractivity contribution in [3.63, 3.8) is 0 Å². The van der Waals surface area contributed by atoms with Crippen LogP contribution in [0.3, 0.4) is 0 Å². The van der Waals surface area contributed by atoms with Crippen molar-refractivity contribution in [1.29, 1.82) is 0 Å². The molecular formula is C22H22O2. The molecule has 2 nitrogen and oxygen atoms in total. The summed E-state index contributed by atoms with van der Waals surface area (Å²) in [7, 11) is 0. The lowest BCUT2D eigenvalue weighted by atomic mass is 9.19. The lowest BCUT2D eigenvalue weighted by Crippen LogP contribution is -2.86. The van der Waals surface area contributed by atoms with Gasteiger partial charge in [0, 0.05) is 22.2 Å². The van der Waals surface area contributed by atoms with E-state index in [1.165, 1.54) is 5.56 Å². The van der Waals surface area contributed by atoms with Crippen LogP contribution in [0.2, 0.25) is 0 Å². The highest BCUT2D eigenvalue weighted by atomic mass is 16.2. The molecular weight excluding hydrogens is 296 g/mol. The van der Waals surface area contributed by atoms with Gasteiger partial charge in [-0.1, -0.05) is 68.5 Å². The maximum atomic E-state index is 13.7. The summed E-state index contributed by atoms with van der Waals surface area (Å²) < 4.78 is 0. The molecule has 2 heteroatoms. The molecule has 0 saturated heterocycles. The summed E-state index contributed by atoms with van der Waals surface area (Å²) in [5.41, 5.74) is -0.855. The van der Waals surface area contributed by atoms with Gasteiger partial charge in [0.05, 0.1) is 5.41 Å². The number of hydrogen-bond donors (Lipinski definition) is 0. The second-order valence-electron chi connectivity index (χ2n) is 8.69. The molecule has 7 rings (SSSR count). The molecule has 1 aromatic carbocycles. The molecule has 0 aromatic heterocycles. The first-order valence-electron chi connectivity index (χ1n) is 8.85. The Morgan fingerprint density at radius 3 is 2.42 bits per heavy atom. The fourth-order valence-electron chi connectivity index (χ4n) is 6.86. The third-order valence-corrected chi connectivity index (χ3v) is 8.13. The summed E-state index contributed by atoms with van der Waals surface area (Å²) in [5, 5.41) is 0. The molecule has 6 bridgehead atoms. The van der Waals surface area contributed by atoms with Gasteiger partial charge in [-0.3, -0.25) is 9.59 Å². The molecule has 5 saturated carbocycles. The van der Waals surface area contributed by atoms with Gasteiger partial charge in [0.25, 0.3) is 0 Å². The van der Waals surface area contributed by atoms with Crippen LogP contribution in [0.1, 0.15) is 32.8 Å². The number of carbonyl (C=O) groups excluding carboxylic acids is 2. The van der Waals surface area contributed by atoms with E-state index < -0.39 is 16.2 Å². The summed E-state index contributed by atoms with van der Waals surface area (Å²) in [5.74, 6) is 0.414. The van der Waals surface area contributed by atoms with Crippen molar-refractivity contribution in [3.05, 3.63) is 60.2 Å². The minimum absolute atomic E-state index is 0.0944. The van der Waals surface area contributed by atoms with Crippen LogP contribution in [0.15, 0.2) is 54.6 Å². The number of rotatable bonds is 1. The Balaban J connectivity index is 1.88. The fraction of sp³-hybridized carbons (Fsp3) is 0.455. The van der Waals surface area contributed by atoms with Gasteiger partial charge < -0.3 is 0 Å². The standard InChI is InChI=1S/C22H22O2/c1-19-12-8-7-11-15-16(19)17(23)20(2)13-22(15,21(20,3)18(19)24)14-9-5-4-6-10-14/h4-12,15-16H,13H2,1-3H3. The number of allylic oxidation sites excluding steroid dienone is 4. The molecule has 0 heterocycles. The Kier molecular flexibility index (Phi) is 2.29. The zero-order chi connectivity index (χ0) is 17.0. The van der Waals surface area contributed by atoms with E-state index in [-0.39, 0.29) is 23.0 Å². The van der Waals surface area contributed by atoms with E-state index >= 15 is 0 Å². The number of ketones is 2. The fourth-order valence-corrected chi connectivity index (χ4v) is 6.86. The van der Waals surface area contributed by atoms with E-state index in [1.54, 1.807) is 0 Å². The highest BCUT2D eigenvalue weighted by Gasteiger charge is 2.88. The van der Waals surface area contributed by atoms with Crippen molar-refractivity contribution in [2.24, 2.45) is 28.1 Å². The molecule has 0 spiro atoms. The first-order valence-corrected chi connectivity index (χ1v) is 8.85. The third kappa shape index (κ3) is 1.08. The average Bonchev–Trinajstić information content (AvgIpc) is 2.75. The van der Waals surface area contributed by atoms with Gasteiger partial charge in [-0.2, -0.15) is 0 Å². The van der Waals surface area contributed by atoms with Crippen LogP contribution in [0.5, 0.6) is 0 Å². The van der Waals surface area contributed by atoms with E-state index in [0.717, 1.165) is 6.42 Å². The largest absolute Gasteiger partial charge is 0.299 e. The average molecular weight is 318 g/mol. The van der Waals surface area contributed by atoms with Gasteiger partial charge in [0.2, 0.25) is 0 Å². The molecule has 24 heavy (non-hydrogen) atoms. The van der Waals surface area contributed by atoms with Crippen molar-refractivity contribution >= 4 is 11.6 Å². The van der Waals surface area contributed by atoms with Crippen molar-refractivity contribution in [3.8, 4) is 0 Å². The topological polar surface area (TPSA) is 34.1 Å². The summed E-state index contributed by atoms with van der Waals surface area (Å²) in [6.45, 7) is 6.08. The Morgan fingerprint density at radius 1 is 1.00 bits per heavy atom. The number of carbonyl (C=O) groups is 2. The Hall–Kier alpha value is -1.96. The van der Waals surface area contributed by atoms with Gasteiger partial charge in [-0.25, -0.2) is 0 Å². The van der Waals surface area contributed by atoms with E-state index in [0.29, 0.717) is 5.78 Å². The van der Waals surface area contributed by atoms with Crippen LogP contribution < -0.4 is 0 Å². The highest BCUT2D eigenvalue weighted by molar-refractivity contribution is 6.12. The first-order chi connectivity index (χ1) is 11.3. The maximum Gasteiger partial charge on any atom is 0.151 e. The predicted octanol–water partition coefficient (Wildman–Crippen LogP) is 3.87. The van der Waals surface area contributed by atoms with Crippen LogP contribution in [0.25, 0.3) is 0 Å². The molecule has 5 fully saturated rings. The second-order valence-corrected chi connectivity index (χ2v) is 8.69. The summed E-state index contributed by atoms with van der Waals surface area (Å²) in [6.07, 6.45) is 8.97. The zero-order valence-corrected chi connectivity index (χ0v) is 14.4. The van der Waals surface area contributed by atoms with E-state index in [4.69, 9.17) is 0 Å². The van der Waals surface area contributed by atoms with Crippen LogP contribution in [-0.2, 0) is 15.0 Å². The first kappa shape index (κ1) is 14.4. The van der Waals surface area contributed by atoms with Gasteiger partial charge in [0.1, 0.15) is 5.78 Å². The molecule has 6 aliphatic carbocycles. The number of Topliss-reactive ketones (excluding diaryl/α,β-unsaturated/α-hetero) is 2. The van der Waals surface area contributed by atoms with Gasteiger partial charge in [-0.15, -0.1) is 0 Å².